The van der Waals surface area contributed by atoms with E-state index in [-0.39, 0.29) is 0 Å². The van der Waals surface area contributed by atoms with Gasteiger partial charge in [0.1, 0.15) is 5.75 Å². The molecule has 0 aromatic heterocycles. The highest BCUT2D eigenvalue weighted by Gasteiger charge is 2.30. The van der Waals surface area contributed by atoms with Gasteiger partial charge in [-0.15, -0.1) is 0 Å². The summed E-state index contributed by atoms with van der Waals surface area (Å²) in [4.78, 5) is 0. The molecule has 0 bridgehead atoms. The highest BCUT2D eigenvalue weighted by atomic mass is 16.5. The van der Waals surface area contributed by atoms with E-state index in [1.165, 1.54) is 19.3 Å². The average molecular weight is 219 g/mol. The number of para-hydroxylation sites is 2. The maximum absolute atomic E-state index is 5.35. The van der Waals surface area contributed by atoms with Crippen molar-refractivity contribution in [1.29, 1.82) is 0 Å². The van der Waals surface area contributed by atoms with Crippen LogP contribution in [0.5, 0.6) is 5.75 Å². The molecule has 2 heteroatoms. The smallest absolute Gasteiger partial charge is 0.141 e. The molecule has 0 amide bonds. The summed E-state index contributed by atoms with van der Waals surface area (Å²) in [6.07, 6.45) is 3.80. The normalized spacial score (nSPS) is 23.1. The molecule has 1 saturated carbocycles. The van der Waals surface area contributed by atoms with Gasteiger partial charge in [0.25, 0.3) is 0 Å². The zero-order valence-electron chi connectivity index (χ0n) is 10.4. The Bertz CT molecular complexity index is 360. The lowest BCUT2D eigenvalue weighted by Crippen LogP contribution is -2.17. The summed E-state index contributed by atoms with van der Waals surface area (Å²) in [5.41, 5.74) is 1.60. The van der Waals surface area contributed by atoms with E-state index in [9.17, 15) is 0 Å². The molecule has 0 heterocycles. The first kappa shape index (κ1) is 11.3. The van der Waals surface area contributed by atoms with Crippen LogP contribution >= 0.6 is 0 Å². The predicted octanol–water partition coefficient (Wildman–Crippen LogP) is 3.69. The lowest BCUT2D eigenvalue weighted by molar-refractivity contribution is 0.378. The Morgan fingerprint density at radius 2 is 2.06 bits per heavy atom. The van der Waals surface area contributed by atoms with E-state index in [0.717, 1.165) is 11.4 Å². The van der Waals surface area contributed by atoms with Gasteiger partial charge in [0.15, 0.2) is 0 Å². The Morgan fingerprint density at radius 1 is 1.31 bits per heavy atom. The summed E-state index contributed by atoms with van der Waals surface area (Å²) in [5.74, 6) is 0.937. The van der Waals surface area contributed by atoms with E-state index in [1.807, 2.05) is 18.2 Å². The molecule has 2 nitrogen and oxygen atoms in total. The standard InChI is InChI=1S/C14H21NO/c1-14(2)9-8-11(10-14)15-12-6-4-5-7-13(12)16-3/h4-7,11,15H,8-10H2,1-3H3. The quantitative estimate of drug-likeness (QED) is 0.837. The second kappa shape index (κ2) is 4.36. The minimum Gasteiger partial charge on any atom is -0.495 e. The molecular formula is C14H21NO. The zero-order chi connectivity index (χ0) is 11.6. The second-order valence-corrected chi connectivity index (χ2v) is 5.45. The first-order valence-corrected chi connectivity index (χ1v) is 6.00. The highest BCUT2D eigenvalue weighted by molar-refractivity contribution is 5.56. The fourth-order valence-electron chi connectivity index (χ4n) is 2.54. The number of rotatable bonds is 3. The van der Waals surface area contributed by atoms with Crippen LogP contribution in [-0.2, 0) is 0 Å². The molecule has 1 fully saturated rings. The molecule has 1 aliphatic rings. The number of hydrogen-bond acceptors (Lipinski definition) is 2. The molecule has 1 N–H and O–H groups in total. The Kier molecular flexibility index (Phi) is 3.08. The Hall–Kier alpha value is -1.18. The van der Waals surface area contributed by atoms with Gasteiger partial charge in [0.05, 0.1) is 12.8 Å². The summed E-state index contributed by atoms with van der Waals surface area (Å²) in [7, 11) is 1.72. The van der Waals surface area contributed by atoms with E-state index < -0.39 is 0 Å². The summed E-state index contributed by atoms with van der Waals surface area (Å²) in [5, 5.41) is 3.59. The van der Waals surface area contributed by atoms with Gasteiger partial charge in [-0.2, -0.15) is 0 Å². The zero-order valence-corrected chi connectivity index (χ0v) is 10.4. The molecule has 0 radical (unpaired) electrons. The van der Waals surface area contributed by atoms with E-state index in [1.54, 1.807) is 7.11 Å². The van der Waals surface area contributed by atoms with Gasteiger partial charge in [0, 0.05) is 6.04 Å². The van der Waals surface area contributed by atoms with Gasteiger partial charge >= 0.3 is 0 Å². The van der Waals surface area contributed by atoms with Crippen molar-refractivity contribution in [2.24, 2.45) is 5.41 Å². The number of benzene rings is 1. The van der Waals surface area contributed by atoms with Gasteiger partial charge in [-0.25, -0.2) is 0 Å². The third-order valence-corrected chi connectivity index (χ3v) is 3.44. The van der Waals surface area contributed by atoms with Crippen LogP contribution in [0.3, 0.4) is 0 Å². The van der Waals surface area contributed by atoms with E-state index >= 15 is 0 Å². The topological polar surface area (TPSA) is 21.3 Å². The first-order chi connectivity index (χ1) is 7.61. The van der Waals surface area contributed by atoms with Crippen LogP contribution in [0, 0.1) is 5.41 Å². The molecule has 16 heavy (non-hydrogen) atoms. The van der Waals surface area contributed by atoms with Crippen LogP contribution < -0.4 is 10.1 Å². The Morgan fingerprint density at radius 3 is 2.69 bits per heavy atom. The van der Waals surface area contributed by atoms with Crippen molar-refractivity contribution >= 4 is 5.69 Å². The number of ether oxygens (including phenoxy) is 1. The molecule has 1 unspecified atom stereocenters. The summed E-state index contributed by atoms with van der Waals surface area (Å²) in [6.45, 7) is 4.69. The molecule has 1 aromatic carbocycles. The van der Waals surface area contributed by atoms with Crippen LogP contribution in [0.2, 0.25) is 0 Å². The van der Waals surface area contributed by atoms with Crippen LogP contribution in [0.4, 0.5) is 5.69 Å². The highest BCUT2D eigenvalue weighted by Crippen LogP contribution is 2.39. The molecule has 2 rings (SSSR count). The summed E-state index contributed by atoms with van der Waals surface area (Å²) in [6, 6.07) is 8.73. The summed E-state index contributed by atoms with van der Waals surface area (Å²) >= 11 is 0. The lowest BCUT2D eigenvalue weighted by Gasteiger charge is -2.19. The molecule has 88 valence electrons. The number of methoxy groups -OCH3 is 1. The number of nitrogens with one attached hydrogen (secondary N) is 1. The van der Waals surface area contributed by atoms with Crippen LogP contribution in [0.25, 0.3) is 0 Å². The van der Waals surface area contributed by atoms with Crippen LogP contribution in [0.1, 0.15) is 33.1 Å². The predicted molar refractivity (Wildman–Crippen MR) is 68.0 cm³/mol. The fraction of sp³-hybridized carbons (Fsp3) is 0.571. The minimum atomic E-state index is 0.486. The fourth-order valence-corrected chi connectivity index (χ4v) is 2.54. The number of hydrogen-bond donors (Lipinski definition) is 1. The SMILES string of the molecule is COc1ccccc1NC1CCC(C)(C)C1. The monoisotopic (exact) mass is 219 g/mol. The minimum absolute atomic E-state index is 0.486. The van der Waals surface area contributed by atoms with E-state index in [2.05, 4.69) is 25.2 Å². The first-order valence-electron chi connectivity index (χ1n) is 6.00. The van der Waals surface area contributed by atoms with Crippen LogP contribution in [-0.4, -0.2) is 13.2 Å². The van der Waals surface area contributed by atoms with Crippen LogP contribution in [0.15, 0.2) is 24.3 Å². The Labute approximate surface area is 98.0 Å². The average Bonchev–Trinajstić information content (AvgIpc) is 2.59. The maximum Gasteiger partial charge on any atom is 0.141 e. The third-order valence-electron chi connectivity index (χ3n) is 3.44. The van der Waals surface area contributed by atoms with Crippen molar-refractivity contribution in [3.63, 3.8) is 0 Å². The van der Waals surface area contributed by atoms with Crippen molar-refractivity contribution in [2.75, 3.05) is 12.4 Å². The molecule has 1 aliphatic carbocycles. The van der Waals surface area contributed by atoms with Gasteiger partial charge in [-0.3, -0.25) is 0 Å². The third kappa shape index (κ3) is 2.49. The molecule has 0 aliphatic heterocycles. The van der Waals surface area contributed by atoms with Crippen molar-refractivity contribution < 1.29 is 4.74 Å². The molecule has 1 atom stereocenters. The van der Waals surface area contributed by atoms with Gasteiger partial charge in [-0.1, -0.05) is 26.0 Å². The van der Waals surface area contributed by atoms with Crippen molar-refractivity contribution in [1.82, 2.24) is 0 Å². The lowest BCUT2D eigenvalue weighted by atomic mass is 9.92. The number of anilines is 1. The Balaban J connectivity index is 2.04. The van der Waals surface area contributed by atoms with E-state index in [4.69, 9.17) is 4.74 Å². The molecule has 0 spiro atoms. The van der Waals surface area contributed by atoms with Gasteiger partial charge in [-0.05, 0) is 36.8 Å². The maximum atomic E-state index is 5.35. The summed E-state index contributed by atoms with van der Waals surface area (Å²) < 4.78 is 5.35. The second-order valence-electron chi connectivity index (χ2n) is 5.45. The van der Waals surface area contributed by atoms with Crippen molar-refractivity contribution in [2.45, 2.75) is 39.2 Å². The van der Waals surface area contributed by atoms with Gasteiger partial charge in [0.2, 0.25) is 0 Å². The molecule has 0 saturated heterocycles. The van der Waals surface area contributed by atoms with Gasteiger partial charge < -0.3 is 10.1 Å². The largest absolute Gasteiger partial charge is 0.495 e. The molecular weight excluding hydrogens is 198 g/mol. The molecule has 1 aromatic rings. The van der Waals surface area contributed by atoms with E-state index in [0.29, 0.717) is 11.5 Å². The van der Waals surface area contributed by atoms with Crippen molar-refractivity contribution in [3.05, 3.63) is 24.3 Å². The van der Waals surface area contributed by atoms with Crippen molar-refractivity contribution in [3.8, 4) is 5.75 Å².